The summed E-state index contributed by atoms with van der Waals surface area (Å²) in [5.74, 6) is 0. The Kier molecular flexibility index (Phi) is 3.37. The van der Waals surface area contributed by atoms with Gasteiger partial charge in [0.05, 0.1) is 11.6 Å². The Morgan fingerprint density at radius 1 is 1.00 bits per heavy atom. The van der Waals surface area contributed by atoms with Gasteiger partial charge in [0, 0.05) is 0 Å². The van der Waals surface area contributed by atoms with Crippen LogP contribution in [0.1, 0.15) is 16.7 Å². The molecule has 0 unspecified atom stereocenters. The summed E-state index contributed by atoms with van der Waals surface area (Å²) in [5.41, 5.74) is 3.90. The molecule has 0 aliphatic rings. The highest BCUT2D eigenvalue weighted by Crippen LogP contribution is 2.17. The maximum atomic E-state index is 9.19. The SMILES string of the molecule is Cc1ccc(/C(C#N)=C/c2ccccc2)cc1. The number of aryl methyl sites for hydroxylation is 1. The maximum Gasteiger partial charge on any atom is 0.0998 e. The summed E-state index contributed by atoms with van der Waals surface area (Å²) in [6.45, 7) is 2.04. The Balaban J connectivity index is 2.38. The van der Waals surface area contributed by atoms with Gasteiger partial charge in [-0.3, -0.25) is 0 Å². The zero-order chi connectivity index (χ0) is 12.1. The van der Waals surface area contributed by atoms with Gasteiger partial charge in [0.1, 0.15) is 0 Å². The van der Waals surface area contributed by atoms with Crippen molar-refractivity contribution in [1.82, 2.24) is 0 Å². The Morgan fingerprint density at radius 3 is 2.24 bits per heavy atom. The number of benzene rings is 2. The van der Waals surface area contributed by atoms with Crippen LogP contribution in [0.4, 0.5) is 0 Å². The van der Waals surface area contributed by atoms with E-state index < -0.39 is 0 Å². The molecule has 0 atom stereocenters. The van der Waals surface area contributed by atoms with Crippen molar-refractivity contribution in [2.75, 3.05) is 0 Å². The average molecular weight is 219 g/mol. The third-order valence-electron chi connectivity index (χ3n) is 2.59. The minimum Gasteiger partial charge on any atom is -0.192 e. The van der Waals surface area contributed by atoms with Crippen LogP contribution in [0, 0.1) is 18.3 Å². The standard InChI is InChI=1S/C16H13N/c1-13-7-9-15(10-8-13)16(12-17)11-14-5-3-2-4-6-14/h2-11H,1H3/b16-11+. The van der Waals surface area contributed by atoms with Crippen molar-refractivity contribution in [2.45, 2.75) is 6.92 Å². The number of hydrogen-bond acceptors (Lipinski definition) is 1. The molecule has 0 fully saturated rings. The van der Waals surface area contributed by atoms with Crippen LogP contribution in [0.25, 0.3) is 11.6 Å². The molecule has 0 N–H and O–H groups in total. The maximum absolute atomic E-state index is 9.19. The van der Waals surface area contributed by atoms with Crippen LogP contribution < -0.4 is 0 Å². The summed E-state index contributed by atoms with van der Waals surface area (Å²) in [5, 5.41) is 9.19. The second-order valence-corrected chi connectivity index (χ2v) is 3.95. The zero-order valence-corrected chi connectivity index (χ0v) is 9.72. The van der Waals surface area contributed by atoms with Crippen molar-refractivity contribution < 1.29 is 0 Å². The molecular formula is C16H13N. The summed E-state index contributed by atoms with van der Waals surface area (Å²) >= 11 is 0. The molecule has 2 aromatic rings. The van der Waals surface area contributed by atoms with Crippen LogP contribution in [-0.4, -0.2) is 0 Å². The van der Waals surface area contributed by atoms with Crippen LogP contribution in [-0.2, 0) is 0 Å². The van der Waals surface area contributed by atoms with Crippen LogP contribution in [0.2, 0.25) is 0 Å². The molecule has 0 amide bonds. The highest BCUT2D eigenvalue weighted by Gasteiger charge is 2.00. The first-order chi connectivity index (χ1) is 8.29. The molecule has 0 aliphatic carbocycles. The Morgan fingerprint density at radius 2 is 1.65 bits per heavy atom. The summed E-state index contributed by atoms with van der Waals surface area (Å²) in [7, 11) is 0. The van der Waals surface area contributed by atoms with Gasteiger partial charge in [-0.05, 0) is 24.1 Å². The van der Waals surface area contributed by atoms with Crippen LogP contribution in [0.5, 0.6) is 0 Å². The summed E-state index contributed by atoms with van der Waals surface area (Å²) < 4.78 is 0. The van der Waals surface area contributed by atoms with Gasteiger partial charge in [0.25, 0.3) is 0 Å². The lowest BCUT2D eigenvalue weighted by molar-refractivity contribution is 1.45. The Labute approximate surface area is 102 Å². The Hall–Kier alpha value is -2.33. The number of allylic oxidation sites excluding steroid dienone is 1. The third-order valence-corrected chi connectivity index (χ3v) is 2.59. The van der Waals surface area contributed by atoms with Crippen LogP contribution >= 0.6 is 0 Å². The lowest BCUT2D eigenvalue weighted by Gasteiger charge is -2.00. The largest absolute Gasteiger partial charge is 0.192 e. The van der Waals surface area contributed by atoms with Gasteiger partial charge in [-0.25, -0.2) is 0 Å². The van der Waals surface area contributed by atoms with E-state index in [0.29, 0.717) is 5.57 Å². The van der Waals surface area contributed by atoms with Crippen molar-refractivity contribution in [3.05, 3.63) is 71.3 Å². The van der Waals surface area contributed by atoms with E-state index in [1.54, 1.807) is 0 Å². The van der Waals surface area contributed by atoms with E-state index in [-0.39, 0.29) is 0 Å². The monoisotopic (exact) mass is 219 g/mol. The second kappa shape index (κ2) is 5.14. The molecule has 0 heterocycles. The highest BCUT2D eigenvalue weighted by atomic mass is 14.2. The van der Waals surface area contributed by atoms with E-state index in [1.165, 1.54) is 5.56 Å². The first-order valence-corrected chi connectivity index (χ1v) is 5.53. The lowest BCUT2D eigenvalue weighted by Crippen LogP contribution is -1.82. The molecule has 0 bridgehead atoms. The van der Waals surface area contributed by atoms with Gasteiger partial charge in [0.2, 0.25) is 0 Å². The fourth-order valence-corrected chi connectivity index (χ4v) is 1.63. The third kappa shape index (κ3) is 2.83. The van der Waals surface area contributed by atoms with Gasteiger partial charge in [0.15, 0.2) is 0 Å². The molecule has 82 valence electrons. The molecule has 2 aromatic carbocycles. The fourth-order valence-electron chi connectivity index (χ4n) is 1.63. The summed E-state index contributed by atoms with van der Waals surface area (Å²) in [4.78, 5) is 0. The molecule has 0 radical (unpaired) electrons. The minimum absolute atomic E-state index is 0.691. The summed E-state index contributed by atoms with van der Waals surface area (Å²) in [6, 6.07) is 20.1. The van der Waals surface area contributed by atoms with Crippen molar-refractivity contribution >= 4 is 11.6 Å². The predicted molar refractivity (Wildman–Crippen MR) is 71.1 cm³/mol. The molecule has 0 saturated heterocycles. The lowest BCUT2D eigenvalue weighted by atomic mass is 10.0. The van der Waals surface area contributed by atoms with Gasteiger partial charge in [-0.2, -0.15) is 5.26 Å². The van der Waals surface area contributed by atoms with Crippen molar-refractivity contribution in [1.29, 1.82) is 5.26 Å². The Bertz CT molecular complexity index is 557. The minimum atomic E-state index is 0.691. The molecule has 0 aliphatic heterocycles. The van der Waals surface area contributed by atoms with E-state index >= 15 is 0 Å². The van der Waals surface area contributed by atoms with Crippen molar-refractivity contribution in [3.63, 3.8) is 0 Å². The van der Waals surface area contributed by atoms with E-state index in [2.05, 4.69) is 6.07 Å². The quantitative estimate of drug-likeness (QED) is 0.552. The average Bonchev–Trinajstić information content (AvgIpc) is 2.38. The van der Waals surface area contributed by atoms with Crippen LogP contribution in [0.3, 0.4) is 0 Å². The number of nitriles is 1. The van der Waals surface area contributed by atoms with Gasteiger partial charge in [-0.1, -0.05) is 60.2 Å². The molecule has 0 spiro atoms. The van der Waals surface area contributed by atoms with E-state index in [0.717, 1.165) is 11.1 Å². The normalized spacial score (nSPS) is 10.9. The predicted octanol–water partition coefficient (Wildman–Crippen LogP) is 4.06. The van der Waals surface area contributed by atoms with Gasteiger partial charge in [-0.15, -0.1) is 0 Å². The molecule has 1 heteroatoms. The molecule has 2 rings (SSSR count). The molecular weight excluding hydrogens is 206 g/mol. The second-order valence-electron chi connectivity index (χ2n) is 3.95. The zero-order valence-electron chi connectivity index (χ0n) is 9.72. The van der Waals surface area contributed by atoms with Crippen molar-refractivity contribution in [2.24, 2.45) is 0 Å². The topological polar surface area (TPSA) is 23.8 Å². The highest BCUT2D eigenvalue weighted by molar-refractivity contribution is 5.89. The van der Waals surface area contributed by atoms with Gasteiger partial charge < -0.3 is 0 Å². The van der Waals surface area contributed by atoms with Crippen molar-refractivity contribution in [3.8, 4) is 6.07 Å². The van der Waals surface area contributed by atoms with Crippen LogP contribution in [0.15, 0.2) is 54.6 Å². The van der Waals surface area contributed by atoms with E-state index in [9.17, 15) is 5.26 Å². The summed E-state index contributed by atoms with van der Waals surface area (Å²) in [6.07, 6.45) is 1.91. The van der Waals surface area contributed by atoms with E-state index in [4.69, 9.17) is 0 Å². The molecule has 1 nitrogen and oxygen atoms in total. The molecule has 0 saturated carbocycles. The molecule has 17 heavy (non-hydrogen) atoms. The number of nitrogens with zero attached hydrogens (tertiary/aromatic N) is 1. The first kappa shape index (κ1) is 11.2. The number of hydrogen-bond donors (Lipinski definition) is 0. The van der Waals surface area contributed by atoms with E-state index in [1.807, 2.05) is 67.6 Å². The number of rotatable bonds is 2. The first-order valence-electron chi connectivity index (χ1n) is 5.53. The fraction of sp³-hybridized carbons (Fsp3) is 0.0625. The smallest absolute Gasteiger partial charge is 0.0998 e. The molecule has 0 aromatic heterocycles. The van der Waals surface area contributed by atoms with Gasteiger partial charge >= 0.3 is 0 Å².